The van der Waals surface area contributed by atoms with Crippen molar-refractivity contribution in [2.45, 2.75) is 6.04 Å². The molecule has 0 saturated heterocycles. The van der Waals surface area contributed by atoms with Gasteiger partial charge in [0, 0.05) is 17.7 Å². The lowest BCUT2D eigenvalue weighted by atomic mass is 9.99. The molecule has 0 heterocycles. The fraction of sp³-hybridized carbons (Fsp3) is 0.286. The first-order valence-electron chi connectivity index (χ1n) is 5.91. The van der Waals surface area contributed by atoms with E-state index in [1.54, 1.807) is 7.11 Å². The molecule has 2 N–H and O–H groups in total. The molecule has 0 saturated carbocycles. The molecule has 2 aromatic carbocycles. The quantitative estimate of drug-likeness (QED) is 0.928. The van der Waals surface area contributed by atoms with E-state index in [0.717, 1.165) is 22.1 Å². The van der Waals surface area contributed by atoms with Crippen LogP contribution in [0, 0.1) is 0 Å². The van der Waals surface area contributed by atoms with Crippen molar-refractivity contribution >= 4 is 20.6 Å². The molecule has 0 spiro atoms. The van der Waals surface area contributed by atoms with Gasteiger partial charge in [-0.25, -0.2) is 8.42 Å². The predicted molar refractivity (Wildman–Crippen MR) is 77.1 cm³/mol. The second kappa shape index (κ2) is 5.19. The first kappa shape index (κ1) is 13.8. The zero-order valence-electron chi connectivity index (χ0n) is 11.0. The average Bonchev–Trinajstić information content (AvgIpc) is 2.35. The Bertz CT molecular complexity index is 695. The third kappa shape index (κ3) is 3.05. The maximum atomic E-state index is 11.4. The van der Waals surface area contributed by atoms with Gasteiger partial charge in [-0.2, -0.15) is 0 Å². The molecule has 19 heavy (non-hydrogen) atoms. The first-order chi connectivity index (χ1) is 8.92. The van der Waals surface area contributed by atoms with Gasteiger partial charge in [0.15, 0.2) is 0 Å². The van der Waals surface area contributed by atoms with E-state index in [-0.39, 0.29) is 5.75 Å². The lowest BCUT2D eigenvalue weighted by Gasteiger charge is -2.15. The van der Waals surface area contributed by atoms with E-state index in [2.05, 4.69) is 0 Å². The summed E-state index contributed by atoms with van der Waals surface area (Å²) in [5, 5.41) is 1.87. The number of fused-ring (bicyclic) bond motifs is 1. The highest BCUT2D eigenvalue weighted by Crippen LogP contribution is 2.31. The van der Waals surface area contributed by atoms with Crippen molar-refractivity contribution in [3.8, 4) is 5.75 Å². The number of methoxy groups -OCH3 is 1. The van der Waals surface area contributed by atoms with Gasteiger partial charge >= 0.3 is 0 Å². The van der Waals surface area contributed by atoms with E-state index in [0.29, 0.717) is 0 Å². The molecule has 102 valence electrons. The van der Waals surface area contributed by atoms with E-state index in [1.807, 2.05) is 36.4 Å². The second-order valence-electron chi connectivity index (χ2n) is 4.60. The number of hydrogen-bond acceptors (Lipinski definition) is 4. The van der Waals surface area contributed by atoms with Gasteiger partial charge in [0.2, 0.25) is 0 Å². The monoisotopic (exact) mass is 279 g/mol. The summed E-state index contributed by atoms with van der Waals surface area (Å²) in [5.41, 5.74) is 6.84. The summed E-state index contributed by atoms with van der Waals surface area (Å²) in [4.78, 5) is 0. The molecule has 0 aliphatic carbocycles. The summed E-state index contributed by atoms with van der Waals surface area (Å²) in [6.45, 7) is 0. The second-order valence-corrected chi connectivity index (χ2v) is 6.79. The van der Waals surface area contributed by atoms with Gasteiger partial charge in [0.1, 0.15) is 15.6 Å². The SMILES string of the molecule is COc1ccc(C(N)CS(C)(=O)=O)c2ccccc12. The fourth-order valence-corrected chi connectivity index (χ4v) is 3.04. The Hall–Kier alpha value is -1.59. The Balaban J connectivity index is 2.56. The summed E-state index contributed by atoms with van der Waals surface area (Å²) in [5.74, 6) is 0.689. The zero-order chi connectivity index (χ0) is 14.0. The van der Waals surface area contributed by atoms with E-state index >= 15 is 0 Å². The highest BCUT2D eigenvalue weighted by Gasteiger charge is 2.16. The van der Waals surface area contributed by atoms with Crippen LogP contribution in [0.15, 0.2) is 36.4 Å². The summed E-state index contributed by atoms with van der Waals surface area (Å²) in [7, 11) is -1.50. The van der Waals surface area contributed by atoms with Gasteiger partial charge in [-0.3, -0.25) is 0 Å². The van der Waals surface area contributed by atoms with Crippen LogP contribution in [0.2, 0.25) is 0 Å². The van der Waals surface area contributed by atoms with Crippen molar-refractivity contribution in [2.75, 3.05) is 19.1 Å². The topological polar surface area (TPSA) is 69.4 Å². The molecule has 4 nitrogen and oxygen atoms in total. The zero-order valence-corrected chi connectivity index (χ0v) is 11.8. The molecule has 0 aliphatic heterocycles. The number of hydrogen-bond donors (Lipinski definition) is 1. The summed E-state index contributed by atoms with van der Waals surface area (Å²) in [6.07, 6.45) is 1.19. The lowest BCUT2D eigenvalue weighted by Crippen LogP contribution is -2.21. The van der Waals surface area contributed by atoms with Crippen molar-refractivity contribution in [3.63, 3.8) is 0 Å². The molecule has 0 fully saturated rings. The highest BCUT2D eigenvalue weighted by atomic mass is 32.2. The standard InChI is InChI=1S/C14H17NO3S/c1-18-14-8-7-11(13(15)9-19(2,16)17)10-5-3-4-6-12(10)14/h3-8,13H,9,15H2,1-2H3. The number of sulfone groups is 1. The van der Waals surface area contributed by atoms with Crippen LogP contribution >= 0.6 is 0 Å². The van der Waals surface area contributed by atoms with E-state index in [4.69, 9.17) is 10.5 Å². The van der Waals surface area contributed by atoms with E-state index in [1.165, 1.54) is 6.26 Å². The van der Waals surface area contributed by atoms with E-state index in [9.17, 15) is 8.42 Å². The normalized spacial score (nSPS) is 13.4. The van der Waals surface area contributed by atoms with Crippen molar-refractivity contribution in [3.05, 3.63) is 42.0 Å². The van der Waals surface area contributed by atoms with Crippen LogP contribution in [0.1, 0.15) is 11.6 Å². The van der Waals surface area contributed by atoms with Crippen LogP contribution in [0.5, 0.6) is 5.75 Å². The number of rotatable bonds is 4. The van der Waals surface area contributed by atoms with Gasteiger partial charge in [-0.15, -0.1) is 0 Å². The minimum Gasteiger partial charge on any atom is -0.496 e. The van der Waals surface area contributed by atoms with Gasteiger partial charge in [0.05, 0.1) is 12.9 Å². The predicted octanol–water partition coefficient (Wildman–Crippen LogP) is 1.89. The molecule has 5 heteroatoms. The highest BCUT2D eigenvalue weighted by molar-refractivity contribution is 7.90. The minimum absolute atomic E-state index is 0.0661. The molecule has 2 rings (SSSR count). The largest absolute Gasteiger partial charge is 0.496 e. The Morgan fingerprint density at radius 1 is 1.16 bits per heavy atom. The van der Waals surface area contributed by atoms with Crippen LogP contribution in [-0.2, 0) is 9.84 Å². The van der Waals surface area contributed by atoms with Crippen LogP contribution in [-0.4, -0.2) is 27.5 Å². The molecular weight excluding hydrogens is 262 g/mol. The number of ether oxygens (including phenoxy) is 1. The third-order valence-electron chi connectivity index (χ3n) is 3.02. The minimum atomic E-state index is -3.11. The lowest BCUT2D eigenvalue weighted by molar-refractivity contribution is 0.419. The molecule has 2 aromatic rings. The average molecular weight is 279 g/mol. The van der Waals surface area contributed by atoms with Crippen LogP contribution in [0.3, 0.4) is 0 Å². The van der Waals surface area contributed by atoms with Crippen LogP contribution in [0.25, 0.3) is 10.8 Å². The van der Waals surface area contributed by atoms with E-state index < -0.39 is 15.9 Å². The molecule has 1 atom stereocenters. The summed E-state index contributed by atoms with van der Waals surface area (Å²) >= 11 is 0. The van der Waals surface area contributed by atoms with Gasteiger partial charge in [0.25, 0.3) is 0 Å². The number of benzene rings is 2. The molecule has 0 aromatic heterocycles. The van der Waals surface area contributed by atoms with Crippen molar-refractivity contribution in [1.82, 2.24) is 0 Å². The van der Waals surface area contributed by atoms with Crippen molar-refractivity contribution < 1.29 is 13.2 Å². The van der Waals surface area contributed by atoms with Crippen molar-refractivity contribution in [1.29, 1.82) is 0 Å². The number of nitrogens with two attached hydrogens (primary N) is 1. The summed E-state index contributed by atoms with van der Waals surface area (Å²) in [6, 6.07) is 10.8. The molecule has 0 radical (unpaired) electrons. The fourth-order valence-electron chi connectivity index (χ4n) is 2.21. The van der Waals surface area contributed by atoms with Gasteiger partial charge in [-0.1, -0.05) is 30.3 Å². The van der Waals surface area contributed by atoms with Crippen LogP contribution in [0.4, 0.5) is 0 Å². The molecule has 0 aliphatic rings. The Kier molecular flexibility index (Phi) is 3.78. The molecule has 0 bridgehead atoms. The maximum absolute atomic E-state index is 11.4. The van der Waals surface area contributed by atoms with Gasteiger partial charge in [-0.05, 0) is 17.0 Å². The third-order valence-corrected chi connectivity index (χ3v) is 3.98. The first-order valence-corrected chi connectivity index (χ1v) is 7.97. The van der Waals surface area contributed by atoms with Gasteiger partial charge < -0.3 is 10.5 Å². The molecular formula is C14H17NO3S. The molecule has 0 amide bonds. The van der Waals surface area contributed by atoms with Crippen molar-refractivity contribution in [2.24, 2.45) is 5.73 Å². The van der Waals surface area contributed by atoms with Crippen LogP contribution < -0.4 is 10.5 Å². The Morgan fingerprint density at radius 3 is 2.37 bits per heavy atom. The summed E-state index contributed by atoms with van der Waals surface area (Å²) < 4.78 is 28.0. The Labute approximate surface area is 113 Å². The smallest absolute Gasteiger partial charge is 0.149 e. The maximum Gasteiger partial charge on any atom is 0.149 e. The molecule has 1 unspecified atom stereocenters. The Morgan fingerprint density at radius 2 is 1.79 bits per heavy atom.